The van der Waals surface area contributed by atoms with Crippen LogP contribution in [0.4, 0.5) is 0 Å². The van der Waals surface area contributed by atoms with Gasteiger partial charge in [-0.15, -0.1) is 0 Å². The monoisotopic (exact) mass is 484 g/mol. The maximum atomic E-state index is 13.9. The van der Waals surface area contributed by atoms with E-state index in [9.17, 15) is 19.2 Å². The molecule has 1 aromatic rings. The highest BCUT2D eigenvalue weighted by Crippen LogP contribution is 2.43. The number of amides is 4. The zero-order chi connectivity index (χ0) is 25.2. The van der Waals surface area contributed by atoms with Crippen molar-refractivity contribution in [3.63, 3.8) is 0 Å². The quantitative estimate of drug-likeness (QED) is 0.542. The molecule has 1 aliphatic carbocycles. The second kappa shape index (κ2) is 10.4. The number of methoxy groups -OCH3 is 1. The van der Waals surface area contributed by atoms with Gasteiger partial charge >= 0.3 is 0 Å². The molecule has 0 aromatic heterocycles. The van der Waals surface area contributed by atoms with Gasteiger partial charge in [0, 0.05) is 59.2 Å². The predicted molar refractivity (Wildman–Crippen MR) is 130 cm³/mol. The van der Waals surface area contributed by atoms with E-state index in [1.54, 1.807) is 49.2 Å². The molecule has 0 unspecified atom stereocenters. The van der Waals surface area contributed by atoms with Crippen LogP contribution in [-0.4, -0.2) is 103 Å². The maximum Gasteiger partial charge on any atom is 0.241 e. The minimum absolute atomic E-state index is 0.00145. The van der Waals surface area contributed by atoms with Crippen LogP contribution in [0.2, 0.25) is 0 Å². The van der Waals surface area contributed by atoms with Gasteiger partial charge in [-0.25, -0.2) is 0 Å². The summed E-state index contributed by atoms with van der Waals surface area (Å²) in [5.74, 6) is 0.0356. The van der Waals surface area contributed by atoms with Crippen molar-refractivity contribution in [1.82, 2.24) is 19.6 Å². The van der Waals surface area contributed by atoms with Crippen molar-refractivity contribution < 1.29 is 23.9 Å². The van der Waals surface area contributed by atoms with E-state index >= 15 is 0 Å². The average molecular weight is 485 g/mol. The molecule has 1 saturated carbocycles. The third-order valence-electron chi connectivity index (χ3n) is 7.70. The summed E-state index contributed by atoms with van der Waals surface area (Å²) in [4.78, 5) is 59.5. The lowest BCUT2D eigenvalue weighted by atomic mass is 9.75. The molecule has 9 heteroatoms. The smallest absolute Gasteiger partial charge is 0.241 e. The molecule has 1 aromatic carbocycles. The Labute approximate surface area is 207 Å². The lowest BCUT2D eigenvalue weighted by molar-refractivity contribution is -0.145. The minimum Gasteiger partial charge on any atom is -0.497 e. The first kappa shape index (κ1) is 25.2. The number of ether oxygens (including phenoxy) is 1. The summed E-state index contributed by atoms with van der Waals surface area (Å²) in [6, 6.07) is 7.13. The molecule has 2 saturated heterocycles. The Morgan fingerprint density at radius 3 is 2.40 bits per heavy atom. The van der Waals surface area contributed by atoms with Crippen molar-refractivity contribution in [2.45, 2.75) is 50.0 Å². The number of benzene rings is 1. The van der Waals surface area contributed by atoms with E-state index in [1.807, 2.05) is 11.0 Å². The van der Waals surface area contributed by atoms with E-state index in [1.165, 1.54) is 4.90 Å². The highest BCUT2D eigenvalue weighted by Gasteiger charge is 2.56. The second-order valence-electron chi connectivity index (χ2n) is 10.1. The van der Waals surface area contributed by atoms with Gasteiger partial charge in [-0.1, -0.05) is 25.0 Å². The molecule has 35 heavy (non-hydrogen) atoms. The summed E-state index contributed by atoms with van der Waals surface area (Å²) in [6.45, 7) is 2.49. The second-order valence-corrected chi connectivity index (χ2v) is 10.1. The van der Waals surface area contributed by atoms with Gasteiger partial charge < -0.3 is 14.5 Å². The summed E-state index contributed by atoms with van der Waals surface area (Å²) in [7, 11) is 5.02. The zero-order valence-electron chi connectivity index (χ0n) is 21.0. The lowest BCUT2D eigenvalue weighted by Crippen LogP contribution is -2.52. The van der Waals surface area contributed by atoms with Crippen LogP contribution in [0.3, 0.4) is 0 Å². The largest absolute Gasteiger partial charge is 0.497 e. The molecular formula is C26H36N4O5. The van der Waals surface area contributed by atoms with Crippen molar-refractivity contribution in [2.24, 2.45) is 0 Å². The molecule has 4 amide bonds. The maximum absolute atomic E-state index is 13.9. The highest BCUT2D eigenvalue weighted by molar-refractivity contribution is 6.11. The summed E-state index contributed by atoms with van der Waals surface area (Å²) in [5.41, 5.74) is -0.567. The highest BCUT2D eigenvalue weighted by atomic mass is 16.5. The number of imide groups is 1. The van der Waals surface area contributed by atoms with Gasteiger partial charge in [0.25, 0.3) is 0 Å². The first-order valence-corrected chi connectivity index (χ1v) is 12.5. The fourth-order valence-corrected chi connectivity index (χ4v) is 5.54. The summed E-state index contributed by atoms with van der Waals surface area (Å²) < 4.78 is 5.39. The molecule has 0 N–H and O–H groups in total. The standard InChI is InChI=1S/C26H36N4O5/c1-27(2)24(33)18-28-11-13-29(14-12-28)22(31)16-26(19-7-6-10-21(15-19)35-3)17-23(32)30(25(26)34)20-8-4-5-9-20/h6-7,10,15,20H,4-5,8-9,11-14,16-18H2,1-3H3/t26-/m1/s1. The number of carbonyl (C=O) groups excluding carboxylic acids is 4. The van der Waals surface area contributed by atoms with E-state index in [-0.39, 0.29) is 42.5 Å². The number of carbonyl (C=O) groups is 4. The Kier molecular flexibility index (Phi) is 7.44. The number of hydrogen-bond donors (Lipinski definition) is 0. The molecule has 3 fully saturated rings. The van der Waals surface area contributed by atoms with E-state index in [4.69, 9.17) is 4.74 Å². The van der Waals surface area contributed by atoms with Gasteiger partial charge in [0.1, 0.15) is 5.75 Å². The first-order valence-electron chi connectivity index (χ1n) is 12.5. The van der Waals surface area contributed by atoms with Crippen molar-refractivity contribution in [1.29, 1.82) is 0 Å². The molecule has 190 valence electrons. The van der Waals surface area contributed by atoms with E-state index < -0.39 is 5.41 Å². The van der Waals surface area contributed by atoms with Gasteiger partial charge in [-0.05, 0) is 30.5 Å². The van der Waals surface area contributed by atoms with Gasteiger partial charge in [0.2, 0.25) is 23.6 Å². The fraction of sp³-hybridized carbons (Fsp3) is 0.615. The molecule has 9 nitrogen and oxygen atoms in total. The lowest BCUT2D eigenvalue weighted by Gasteiger charge is -2.37. The Balaban J connectivity index is 1.54. The third-order valence-corrected chi connectivity index (χ3v) is 7.70. The van der Waals surface area contributed by atoms with Crippen molar-refractivity contribution in [2.75, 3.05) is 53.9 Å². The Bertz CT molecular complexity index is 982. The van der Waals surface area contributed by atoms with Gasteiger partial charge in [-0.3, -0.25) is 29.0 Å². The molecular weight excluding hydrogens is 448 g/mol. The van der Waals surface area contributed by atoms with Crippen LogP contribution < -0.4 is 4.74 Å². The van der Waals surface area contributed by atoms with Crippen molar-refractivity contribution in [3.8, 4) is 5.75 Å². The number of rotatable bonds is 7. The van der Waals surface area contributed by atoms with Crippen molar-refractivity contribution in [3.05, 3.63) is 29.8 Å². The van der Waals surface area contributed by atoms with Crippen LogP contribution in [0, 0.1) is 0 Å². The van der Waals surface area contributed by atoms with Crippen LogP contribution in [0.25, 0.3) is 0 Å². The average Bonchev–Trinajstić information content (AvgIpc) is 3.46. The molecule has 1 atom stereocenters. The van der Waals surface area contributed by atoms with Crippen LogP contribution in [0.1, 0.15) is 44.1 Å². The normalized spacial score (nSPS) is 23.7. The molecule has 4 rings (SSSR count). The van der Waals surface area contributed by atoms with E-state index in [2.05, 4.69) is 0 Å². The molecule has 3 aliphatic rings. The number of nitrogens with zero attached hydrogens (tertiary/aromatic N) is 4. The number of likely N-dealkylation sites (tertiary alicyclic amines) is 1. The minimum atomic E-state index is -1.22. The Morgan fingerprint density at radius 1 is 1.09 bits per heavy atom. The third kappa shape index (κ3) is 5.05. The number of likely N-dealkylation sites (N-methyl/N-ethyl adjacent to an activating group) is 1. The molecule has 0 bridgehead atoms. The number of hydrogen-bond acceptors (Lipinski definition) is 6. The van der Waals surface area contributed by atoms with Crippen LogP contribution in [0.5, 0.6) is 5.75 Å². The van der Waals surface area contributed by atoms with E-state index in [0.717, 1.165) is 25.7 Å². The topological polar surface area (TPSA) is 90.5 Å². The van der Waals surface area contributed by atoms with Crippen molar-refractivity contribution >= 4 is 23.6 Å². The van der Waals surface area contributed by atoms with Crippen LogP contribution >= 0.6 is 0 Å². The first-order chi connectivity index (χ1) is 16.7. The van der Waals surface area contributed by atoms with Gasteiger partial charge in [0.15, 0.2) is 0 Å². The van der Waals surface area contributed by atoms with Crippen LogP contribution in [-0.2, 0) is 24.6 Å². The predicted octanol–water partition coefficient (Wildman–Crippen LogP) is 1.26. The van der Waals surface area contributed by atoms with Crippen LogP contribution in [0.15, 0.2) is 24.3 Å². The zero-order valence-corrected chi connectivity index (χ0v) is 21.0. The molecule has 2 heterocycles. The SMILES string of the molecule is COc1cccc([C@@]2(CC(=O)N3CCN(CC(=O)N(C)C)CC3)CC(=O)N(C3CCCC3)C2=O)c1. The molecule has 2 aliphatic heterocycles. The molecule has 0 radical (unpaired) electrons. The number of piperazine rings is 1. The summed E-state index contributed by atoms with van der Waals surface area (Å²) in [6.07, 6.45) is 3.62. The summed E-state index contributed by atoms with van der Waals surface area (Å²) >= 11 is 0. The van der Waals surface area contributed by atoms with E-state index in [0.29, 0.717) is 44.0 Å². The van der Waals surface area contributed by atoms with Gasteiger partial charge in [0.05, 0.1) is 19.1 Å². The Morgan fingerprint density at radius 2 is 1.77 bits per heavy atom. The molecule has 0 spiro atoms. The summed E-state index contributed by atoms with van der Waals surface area (Å²) in [5, 5.41) is 0. The van der Waals surface area contributed by atoms with Gasteiger partial charge in [-0.2, -0.15) is 0 Å². The Hall–Kier alpha value is -2.94. The fourth-order valence-electron chi connectivity index (χ4n) is 5.54.